The largest absolute Gasteiger partial charge is 0.506 e. The quantitative estimate of drug-likeness (QED) is 0.0705. The molecule has 8 aromatic carbocycles. The summed E-state index contributed by atoms with van der Waals surface area (Å²) in [5.74, 6) is -3.46. The monoisotopic (exact) mass is 1020 g/mol. The van der Waals surface area contributed by atoms with E-state index in [2.05, 4.69) is 0 Å². The van der Waals surface area contributed by atoms with Gasteiger partial charge in [-0.3, -0.25) is 4.79 Å². The fourth-order valence-corrected chi connectivity index (χ4v) is 13.4. The summed E-state index contributed by atoms with van der Waals surface area (Å²) in [4.78, 5) is 23.0. The summed E-state index contributed by atoms with van der Waals surface area (Å²) < 4.78 is 73.4. The summed E-state index contributed by atoms with van der Waals surface area (Å²) in [6.07, 6.45) is -5.29. The maximum Gasteiger partial charge on any atom is 0.455 e. The zero-order valence-corrected chi connectivity index (χ0v) is 37.2. The summed E-state index contributed by atoms with van der Waals surface area (Å²) in [6.45, 7) is 0. The number of ketones is 1. The molecule has 1 N–H and O–H groups in total. The Morgan fingerprint density at radius 3 is 1.27 bits per heavy atom. The zero-order valence-electron chi connectivity index (χ0n) is 33.0. The number of alkyl halides is 3. The number of fused-ring (bicyclic) bond motifs is 3. The minimum absolute atomic E-state index is 0. The van der Waals surface area contributed by atoms with E-state index < -0.39 is 43.2 Å². The van der Waals surface area contributed by atoms with Gasteiger partial charge in [-0.2, -0.15) is 13.2 Å². The third-order valence-corrected chi connectivity index (χ3v) is 16.8. The van der Waals surface area contributed by atoms with Gasteiger partial charge >= 0.3 is 11.8 Å². The molecule has 12 heteroatoms. The molecule has 0 aliphatic rings. The Kier molecular flexibility index (Phi) is 13.8. The van der Waals surface area contributed by atoms with Crippen molar-refractivity contribution in [3.63, 3.8) is 0 Å². The second-order valence-electron chi connectivity index (χ2n) is 14.2. The van der Waals surface area contributed by atoms with E-state index in [1.807, 2.05) is 170 Å². The van der Waals surface area contributed by atoms with Gasteiger partial charge in [0.2, 0.25) is 0 Å². The number of hydrogen-bond acceptors (Lipinski definition) is 6. The maximum absolute atomic E-state index is 15.4. The molecule has 0 spiro atoms. The van der Waals surface area contributed by atoms with Gasteiger partial charge in [-0.1, -0.05) is 200 Å². The van der Waals surface area contributed by atoms with Crippen molar-refractivity contribution in [1.29, 1.82) is 0 Å². The van der Waals surface area contributed by atoms with Gasteiger partial charge in [0.1, 0.15) is 11.3 Å². The number of carbonyl (C=O) groups is 1. The minimum Gasteiger partial charge on any atom is -0.506 e. The Balaban J connectivity index is 0.000000219. The van der Waals surface area contributed by atoms with Crippen LogP contribution in [0.3, 0.4) is 0 Å². The van der Waals surface area contributed by atoms with E-state index in [-0.39, 0.29) is 60.3 Å². The third-order valence-electron chi connectivity index (χ3n) is 10.5. The molecule has 9 rings (SSSR count). The Bertz CT molecular complexity index is 3010. The van der Waals surface area contributed by atoms with Crippen LogP contribution in [-0.2, 0) is 9.13 Å². The number of benzene rings is 8. The molecule has 0 fully saturated rings. The van der Waals surface area contributed by atoms with Crippen LogP contribution in [-0.4, -0.2) is 17.1 Å². The SMILES string of the molecule is O=C(c1c(O)c2c(ccc3ccccc32)oc1=O)C(F)(F)F.O=P(c1ccccc1)(c1ccccc1)c1ccccc1-c1ccccc1P(=O)(c1ccccc1)c1ccccc1.[Eu]. The topological polar surface area (TPSA) is 102 Å². The molecule has 1 radical (unpaired) electrons. The molecule has 1 heterocycles. The average Bonchev–Trinajstić information content (AvgIpc) is 3.32. The number of Topliss-reactive ketones (excluding diaryl/α,β-unsaturated/α-hetero) is 1. The van der Waals surface area contributed by atoms with Gasteiger partial charge < -0.3 is 18.7 Å². The second-order valence-corrected chi connectivity index (χ2v) is 19.7. The van der Waals surface area contributed by atoms with E-state index in [1.165, 1.54) is 6.07 Å². The molecular formula is C51H35EuF3O6P2. The Hall–Kier alpha value is -5.47. The number of hydrogen-bond donors (Lipinski definition) is 1. The van der Waals surface area contributed by atoms with Gasteiger partial charge in [-0.15, -0.1) is 0 Å². The smallest absolute Gasteiger partial charge is 0.455 e. The Labute approximate surface area is 401 Å². The van der Waals surface area contributed by atoms with E-state index in [1.54, 1.807) is 30.3 Å². The molecule has 0 saturated carbocycles. The standard InChI is InChI=1S/C36H28O2P2.C15H7F3O4.Eu/c37-39(29-17-5-1-6-18-29,30-19-7-2-8-20-30)35-27-15-13-25-33(35)34-26-14-16-28-36(34)40(38,31-21-9-3-10-22-31)32-23-11-4-12-24-32;16-15(17,18)13(20)11-12(19)10-8-4-2-1-3-7(8)5-6-9(10)22-14(11)21;/h1-28H;1-6,19H;. The molecule has 0 amide bonds. The van der Waals surface area contributed by atoms with Gasteiger partial charge in [0, 0.05) is 81.2 Å². The average molecular weight is 1010 g/mol. The second kappa shape index (κ2) is 19.1. The number of halogens is 3. The fraction of sp³-hybridized carbons (Fsp3) is 0.0196. The van der Waals surface area contributed by atoms with Crippen molar-refractivity contribution in [2.45, 2.75) is 6.18 Å². The van der Waals surface area contributed by atoms with Crippen LogP contribution in [0.2, 0.25) is 0 Å². The summed E-state index contributed by atoms with van der Waals surface area (Å²) in [5, 5.41) is 15.5. The van der Waals surface area contributed by atoms with E-state index in [9.17, 15) is 27.9 Å². The van der Waals surface area contributed by atoms with Gasteiger partial charge in [0.15, 0.2) is 19.8 Å². The van der Waals surface area contributed by atoms with Crippen molar-refractivity contribution in [3.8, 4) is 16.9 Å². The van der Waals surface area contributed by atoms with Crippen molar-refractivity contribution in [1.82, 2.24) is 0 Å². The van der Waals surface area contributed by atoms with E-state index in [4.69, 9.17) is 4.42 Å². The van der Waals surface area contributed by atoms with Gasteiger partial charge in [0.25, 0.3) is 5.78 Å². The normalized spacial score (nSPS) is 11.6. The Morgan fingerprint density at radius 1 is 0.492 bits per heavy atom. The molecule has 0 bridgehead atoms. The molecule has 63 heavy (non-hydrogen) atoms. The molecule has 0 unspecified atom stereocenters. The molecule has 9 aromatic rings. The first-order chi connectivity index (χ1) is 29.9. The van der Waals surface area contributed by atoms with Gasteiger partial charge in [-0.05, 0) is 28.0 Å². The van der Waals surface area contributed by atoms with Crippen LogP contribution in [0.1, 0.15) is 10.4 Å². The van der Waals surface area contributed by atoms with Crippen LogP contribution in [0, 0.1) is 49.4 Å². The summed E-state index contributed by atoms with van der Waals surface area (Å²) in [7, 11) is -6.57. The maximum atomic E-state index is 15.4. The molecule has 0 aliphatic heterocycles. The number of aromatic hydroxyl groups is 1. The molecule has 0 aliphatic carbocycles. The number of carbonyl (C=O) groups excluding carboxylic acids is 1. The molecule has 6 nitrogen and oxygen atoms in total. The molecule has 313 valence electrons. The first kappa shape index (κ1) is 45.6. The first-order valence-corrected chi connectivity index (χ1v) is 22.8. The predicted molar refractivity (Wildman–Crippen MR) is 243 cm³/mol. The van der Waals surface area contributed by atoms with E-state index >= 15 is 9.13 Å². The van der Waals surface area contributed by atoms with Gasteiger partial charge in [-0.25, -0.2) is 4.79 Å². The van der Waals surface area contributed by atoms with Crippen molar-refractivity contribution >= 4 is 73.6 Å². The first-order valence-electron chi connectivity index (χ1n) is 19.3. The molecule has 0 saturated heterocycles. The molecule has 0 atom stereocenters. The summed E-state index contributed by atoms with van der Waals surface area (Å²) in [5.41, 5.74) is -1.39. The summed E-state index contributed by atoms with van der Waals surface area (Å²) in [6, 6.07) is 63.9. The van der Waals surface area contributed by atoms with Crippen molar-refractivity contribution in [3.05, 3.63) is 222 Å². The van der Waals surface area contributed by atoms with Gasteiger partial charge in [0.05, 0.1) is 5.39 Å². The van der Waals surface area contributed by atoms with Crippen molar-refractivity contribution in [2.75, 3.05) is 0 Å². The van der Waals surface area contributed by atoms with Crippen LogP contribution in [0.4, 0.5) is 13.2 Å². The third kappa shape index (κ3) is 8.76. The van der Waals surface area contributed by atoms with Crippen LogP contribution in [0.5, 0.6) is 5.75 Å². The van der Waals surface area contributed by atoms with Crippen molar-refractivity contribution < 1.29 is 86.0 Å². The van der Waals surface area contributed by atoms with Crippen molar-refractivity contribution in [2.24, 2.45) is 0 Å². The Morgan fingerprint density at radius 2 is 0.857 bits per heavy atom. The molecular weight excluding hydrogens is 979 g/mol. The zero-order chi connectivity index (χ0) is 43.5. The number of rotatable bonds is 8. The summed E-state index contributed by atoms with van der Waals surface area (Å²) >= 11 is 0. The van der Waals surface area contributed by atoms with Crippen LogP contribution in [0.25, 0.3) is 32.9 Å². The van der Waals surface area contributed by atoms with Crippen LogP contribution < -0.4 is 37.5 Å². The molecule has 1 aromatic heterocycles. The van der Waals surface area contributed by atoms with Crippen LogP contribution in [0.15, 0.2) is 215 Å². The van der Waals surface area contributed by atoms with E-state index in [0.29, 0.717) is 10.8 Å². The fourth-order valence-electron chi connectivity index (χ4n) is 7.65. The predicted octanol–water partition coefficient (Wildman–Crippen LogP) is 10.0. The minimum atomic E-state index is -5.29. The van der Waals surface area contributed by atoms with Crippen LogP contribution >= 0.6 is 14.3 Å². The van der Waals surface area contributed by atoms with E-state index in [0.717, 1.165) is 43.0 Å².